The third-order valence-corrected chi connectivity index (χ3v) is 7.30. The van der Waals surface area contributed by atoms with Crippen LogP contribution in [0.5, 0.6) is 0 Å². The average Bonchev–Trinajstić information content (AvgIpc) is 3.09. The topological polar surface area (TPSA) is 118 Å². The molecule has 2 heterocycles. The number of rotatable bonds is 8. The molecule has 37 heavy (non-hydrogen) atoms. The molecule has 1 atom stereocenters. The molecule has 1 aromatic carbocycles. The second kappa shape index (κ2) is 10.3. The van der Waals surface area contributed by atoms with E-state index in [9.17, 15) is 14.7 Å². The highest BCUT2D eigenvalue weighted by Crippen LogP contribution is 2.45. The molecule has 0 aliphatic carbocycles. The Morgan fingerprint density at radius 3 is 2.49 bits per heavy atom. The van der Waals surface area contributed by atoms with Crippen molar-refractivity contribution in [3.8, 4) is 0 Å². The van der Waals surface area contributed by atoms with Crippen molar-refractivity contribution in [2.45, 2.75) is 67.2 Å². The molecule has 1 aromatic heterocycles. The quantitative estimate of drug-likeness (QED) is 0.386. The number of aliphatic carboxylic acids is 1. The number of nitrogens with one attached hydrogen (secondary N) is 1. The second-order valence-electron chi connectivity index (χ2n) is 10.8. The number of carbonyl (C=O) groups excluding carboxylic acids is 1. The third-order valence-electron chi connectivity index (χ3n) is 7.30. The Bertz CT molecular complexity index is 1330. The monoisotopic (exact) mass is 502 g/mol. The van der Waals surface area contributed by atoms with Crippen LogP contribution in [0.25, 0.3) is 5.57 Å². The van der Waals surface area contributed by atoms with Gasteiger partial charge in [0.05, 0.1) is 11.0 Å². The van der Waals surface area contributed by atoms with Gasteiger partial charge in [0.25, 0.3) is 0 Å². The number of aromatic nitrogens is 2. The van der Waals surface area contributed by atoms with Gasteiger partial charge in [-0.3, -0.25) is 9.59 Å². The van der Waals surface area contributed by atoms with E-state index < -0.39 is 16.8 Å². The van der Waals surface area contributed by atoms with Crippen molar-refractivity contribution < 1.29 is 14.7 Å². The predicted molar refractivity (Wildman–Crippen MR) is 149 cm³/mol. The van der Waals surface area contributed by atoms with Crippen LogP contribution in [0.2, 0.25) is 0 Å². The lowest BCUT2D eigenvalue weighted by molar-refractivity contribution is -0.146. The van der Waals surface area contributed by atoms with Crippen molar-refractivity contribution in [2.75, 3.05) is 11.1 Å². The Kier molecular flexibility index (Phi) is 7.77. The van der Waals surface area contributed by atoms with Crippen LogP contribution >= 0.6 is 0 Å². The van der Waals surface area contributed by atoms with Crippen molar-refractivity contribution in [3.05, 3.63) is 76.2 Å². The molecule has 0 saturated carbocycles. The van der Waals surface area contributed by atoms with E-state index in [0.717, 1.165) is 16.7 Å². The van der Waals surface area contributed by atoms with Crippen LogP contribution < -0.4 is 11.1 Å². The zero-order valence-corrected chi connectivity index (χ0v) is 23.1. The van der Waals surface area contributed by atoms with Crippen LogP contribution in [0.3, 0.4) is 0 Å². The molecule has 1 aliphatic rings. The smallest absolute Gasteiger partial charge is 0.309 e. The maximum atomic E-state index is 13.4. The number of amides is 1. The fourth-order valence-electron chi connectivity index (χ4n) is 4.70. The van der Waals surface area contributed by atoms with E-state index >= 15 is 0 Å². The largest absolute Gasteiger partial charge is 0.481 e. The van der Waals surface area contributed by atoms with Crippen LogP contribution in [0, 0.1) is 11.3 Å². The highest BCUT2D eigenvalue weighted by molar-refractivity contribution is 6.09. The lowest BCUT2D eigenvalue weighted by Gasteiger charge is -2.25. The van der Waals surface area contributed by atoms with Gasteiger partial charge >= 0.3 is 5.97 Å². The molecule has 1 aliphatic heterocycles. The first-order chi connectivity index (χ1) is 17.3. The molecular formula is C30H38N4O3. The molecule has 4 N–H and O–H groups in total. The molecule has 0 radical (unpaired) electrons. The summed E-state index contributed by atoms with van der Waals surface area (Å²) in [5.41, 5.74) is 9.62. The van der Waals surface area contributed by atoms with E-state index in [1.54, 1.807) is 20.8 Å². The molecular weight excluding hydrogens is 464 g/mol. The van der Waals surface area contributed by atoms with Gasteiger partial charge in [0.2, 0.25) is 5.91 Å². The predicted octanol–water partition coefficient (Wildman–Crippen LogP) is 5.92. The molecule has 7 nitrogen and oxygen atoms in total. The number of carboxylic acid groups (broad SMARTS) is 1. The molecule has 7 heteroatoms. The van der Waals surface area contributed by atoms with Gasteiger partial charge in [0.15, 0.2) is 5.82 Å². The van der Waals surface area contributed by atoms with E-state index in [1.807, 2.05) is 56.3 Å². The first-order valence-electron chi connectivity index (χ1n) is 12.6. The van der Waals surface area contributed by atoms with E-state index in [1.165, 1.54) is 5.57 Å². The van der Waals surface area contributed by atoms with Gasteiger partial charge in [-0.05, 0) is 70.6 Å². The van der Waals surface area contributed by atoms with E-state index in [-0.39, 0.29) is 11.7 Å². The molecule has 0 spiro atoms. The number of fused-ring (bicyclic) bond motifs is 1. The summed E-state index contributed by atoms with van der Waals surface area (Å²) in [7, 11) is 0. The summed E-state index contributed by atoms with van der Waals surface area (Å²) in [6.07, 6.45) is 6.32. The van der Waals surface area contributed by atoms with Gasteiger partial charge in [-0.15, -0.1) is 0 Å². The van der Waals surface area contributed by atoms with Crippen molar-refractivity contribution in [2.24, 2.45) is 11.3 Å². The van der Waals surface area contributed by atoms with Gasteiger partial charge in [-0.25, -0.2) is 9.97 Å². The number of anilines is 2. The Labute approximate surface area is 219 Å². The van der Waals surface area contributed by atoms with Gasteiger partial charge in [-0.1, -0.05) is 61.9 Å². The van der Waals surface area contributed by atoms with Gasteiger partial charge in [-0.2, -0.15) is 0 Å². The highest BCUT2D eigenvalue weighted by atomic mass is 16.4. The summed E-state index contributed by atoms with van der Waals surface area (Å²) in [6.45, 7) is 15.5. The number of carbonyl (C=O) groups is 2. The minimum absolute atomic E-state index is 0.235. The summed E-state index contributed by atoms with van der Waals surface area (Å²) in [4.78, 5) is 34.5. The third kappa shape index (κ3) is 5.08. The van der Waals surface area contributed by atoms with Crippen LogP contribution in [-0.4, -0.2) is 27.0 Å². The number of nitrogens with zero attached hydrogens (tertiary/aromatic N) is 2. The minimum Gasteiger partial charge on any atom is -0.481 e. The first kappa shape index (κ1) is 27.8. The molecule has 196 valence electrons. The second-order valence-corrected chi connectivity index (χ2v) is 10.8. The van der Waals surface area contributed by atoms with E-state index in [0.29, 0.717) is 35.1 Å². The summed E-state index contributed by atoms with van der Waals surface area (Å²) < 4.78 is 0. The highest BCUT2D eigenvalue weighted by Gasteiger charge is 2.47. The molecule has 2 aromatic rings. The Balaban J connectivity index is 2.14. The van der Waals surface area contributed by atoms with E-state index in [2.05, 4.69) is 31.1 Å². The first-order valence-corrected chi connectivity index (χ1v) is 12.6. The molecule has 1 unspecified atom stereocenters. The molecule has 0 saturated heterocycles. The number of benzene rings is 1. The van der Waals surface area contributed by atoms with Crippen molar-refractivity contribution in [1.29, 1.82) is 0 Å². The lowest BCUT2D eigenvalue weighted by atomic mass is 9.76. The number of hydrogen-bond acceptors (Lipinski definition) is 5. The number of nitrogen functional groups attached to an aromatic ring is 1. The average molecular weight is 503 g/mol. The van der Waals surface area contributed by atoms with Crippen LogP contribution in [0.15, 0.2) is 53.6 Å². The van der Waals surface area contributed by atoms with Crippen LogP contribution in [0.4, 0.5) is 11.6 Å². The van der Waals surface area contributed by atoms with Crippen molar-refractivity contribution in [1.82, 2.24) is 9.97 Å². The van der Waals surface area contributed by atoms with Crippen LogP contribution in [-0.2, 0) is 21.4 Å². The van der Waals surface area contributed by atoms with Gasteiger partial charge in [0, 0.05) is 5.57 Å². The molecule has 3 rings (SSSR count). The van der Waals surface area contributed by atoms with Crippen LogP contribution in [0.1, 0.15) is 77.9 Å². The Hall–Kier alpha value is -3.74. The summed E-state index contributed by atoms with van der Waals surface area (Å²) in [5, 5.41) is 12.5. The van der Waals surface area contributed by atoms with Crippen molar-refractivity contribution >= 4 is 29.1 Å². The molecule has 1 amide bonds. The summed E-state index contributed by atoms with van der Waals surface area (Å²) >= 11 is 0. The van der Waals surface area contributed by atoms with Gasteiger partial charge < -0.3 is 16.2 Å². The fourth-order valence-corrected chi connectivity index (χ4v) is 4.70. The van der Waals surface area contributed by atoms with Crippen molar-refractivity contribution in [3.63, 3.8) is 0 Å². The number of carboxylic acids is 1. The zero-order valence-electron chi connectivity index (χ0n) is 23.1. The normalized spacial score (nSPS) is 18.7. The zero-order chi connectivity index (χ0) is 27.7. The summed E-state index contributed by atoms with van der Waals surface area (Å²) in [5.74, 6) is 0.283. The SMILES string of the molecule is CC=C(C(/C=C\C)=C(/C)C(C)C)c1nc(N)c2c(n1)NC(=O)C2(C)c1cccc(CC(C)(C)C(=O)O)c1. The Morgan fingerprint density at radius 1 is 1.24 bits per heavy atom. The lowest BCUT2D eigenvalue weighted by Crippen LogP contribution is -2.33. The number of hydrogen-bond donors (Lipinski definition) is 3. The number of nitrogens with two attached hydrogens (primary N) is 1. The maximum absolute atomic E-state index is 13.4. The minimum atomic E-state index is -1.12. The fraction of sp³-hybridized carbons (Fsp3) is 0.400. The van der Waals surface area contributed by atoms with Gasteiger partial charge in [0.1, 0.15) is 17.1 Å². The standard InChI is InChI=1S/C30H38N4O3/c1-9-12-22(18(5)17(3)4)21(10-2)25-32-24(31)23-26(33-25)34-27(35)30(23,8)20-14-11-13-19(15-20)16-29(6,7)28(36)37/h9-15,17H,16H2,1-8H3,(H,36,37)(H3,31,32,33,34,35)/b12-9-,21-10?,22-18-. The molecule has 0 fully saturated rings. The Morgan fingerprint density at radius 2 is 1.92 bits per heavy atom. The molecule has 0 bridgehead atoms. The maximum Gasteiger partial charge on any atom is 0.309 e. The summed E-state index contributed by atoms with van der Waals surface area (Å²) in [6, 6.07) is 7.45. The van der Waals surface area contributed by atoms with E-state index in [4.69, 9.17) is 10.7 Å². The number of allylic oxidation sites excluding steroid dienone is 6.